The molecule has 1 amide bonds. The zero-order valence-electron chi connectivity index (χ0n) is 10.8. The van der Waals surface area contributed by atoms with E-state index in [2.05, 4.69) is 10.3 Å². The summed E-state index contributed by atoms with van der Waals surface area (Å²) in [5, 5.41) is 3.20. The molecule has 5 nitrogen and oxygen atoms in total. The van der Waals surface area contributed by atoms with Crippen LogP contribution in [-0.2, 0) is 16.1 Å². The average Bonchev–Trinajstić information content (AvgIpc) is 2.39. The van der Waals surface area contributed by atoms with Crippen molar-refractivity contribution in [2.24, 2.45) is 0 Å². The molecule has 2 heterocycles. The second kappa shape index (κ2) is 5.93. The molecular weight excluding hydrogens is 230 g/mol. The Bertz CT molecular complexity index is 396. The molecule has 0 radical (unpaired) electrons. The summed E-state index contributed by atoms with van der Waals surface area (Å²) in [4.78, 5) is 18.0. The second-order valence-electron chi connectivity index (χ2n) is 4.56. The van der Waals surface area contributed by atoms with Crippen LogP contribution in [0.4, 0.5) is 0 Å². The summed E-state index contributed by atoms with van der Waals surface area (Å²) in [5.74, 6) is 0.0612. The highest BCUT2D eigenvalue weighted by atomic mass is 16.5. The van der Waals surface area contributed by atoms with Gasteiger partial charge in [-0.05, 0) is 18.6 Å². The molecular formula is C13H19N3O2. The predicted octanol–water partition coefficient (Wildman–Crippen LogP) is 0.417. The molecule has 0 saturated carbocycles. The minimum atomic E-state index is -0.250. The van der Waals surface area contributed by atoms with Gasteiger partial charge in [0.15, 0.2) is 0 Å². The third kappa shape index (κ3) is 3.05. The molecule has 1 aromatic heterocycles. The quantitative estimate of drug-likeness (QED) is 0.843. The highest BCUT2D eigenvalue weighted by molar-refractivity contribution is 5.82. The number of likely N-dealkylation sites (N-methyl/N-ethyl adjacent to an activating group) is 1. The summed E-state index contributed by atoms with van der Waals surface area (Å²) in [7, 11) is 1.80. The number of carbonyl (C=O) groups is 1. The number of amides is 1. The summed E-state index contributed by atoms with van der Waals surface area (Å²) < 4.78 is 5.49. The maximum absolute atomic E-state index is 12.3. The monoisotopic (exact) mass is 249 g/mol. The molecule has 1 N–H and O–H groups in total. The molecule has 18 heavy (non-hydrogen) atoms. The van der Waals surface area contributed by atoms with E-state index in [1.54, 1.807) is 24.3 Å². The van der Waals surface area contributed by atoms with Gasteiger partial charge in [-0.3, -0.25) is 9.78 Å². The van der Waals surface area contributed by atoms with Gasteiger partial charge in [0.05, 0.1) is 12.7 Å². The second-order valence-corrected chi connectivity index (χ2v) is 4.56. The van der Waals surface area contributed by atoms with Crippen LogP contribution in [-0.4, -0.2) is 48.1 Å². The number of carbonyl (C=O) groups excluding carboxylic acids is 1. The molecule has 1 fully saturated rings. The van der Waals surface area contributed by atoms with E-state index in [4.69, 9.17) is 4.74 Å². The molecule has 0 aromatic carbocycles. The summed E-state index contributed by atoms with van der Waals surface area (Å²) in [6.07, 6.45) is 3.42. The zero-order valence-corrected chi connectivity index (χ0v) is 10.8. The number of hydrogen-bond donors (Lipinski definition) is 1. The number of nitrogens with zero attached hydrogens (tertiary/aromatic N) is 2. The highest BCUT2D eigenvalue weighted by Gasteiger charge is 2.30. The van der Waals surface area contributed by atoms with Crippen molar-refractivity contribution in [2.75, 3.05) is 20.2 Å². The maximum Gasteiger partial charge on any atom is 0.242 e. The van der Waals surface area contributed by atoms with Crippen molar-refractivity contribution >= 4 is 5.91 Å². The van der Waals surface area contributed by atoms with Crippen LogP contribution in [0.2, 0.25) is 0 Å². The van der Waals surface area contributed by atoms with E-state index in [0.717, 1.165) is 12.1 Å². The Morgan fingerprint density at radius 2 is 2.50 bits per heavy atom. The maximum atomic E-state index is 12.3. The number of pyridine rings is 1. The van der Waals surface area contributed by atoms with Crippen molar-refractivity contribution in [3.8, 4) is 0 Å². The molecule has 1 aliphatic rings. The van der Waals surface area contributed by atoms with Gasteiger partial charge in [-0.2, -0.15) is 0 Å². The summed E-state index contributed by atoms with van der Waals surface area (Å²) >= 11 is 0. The standard InChI is InChI=1S/C13H19N3O2/c1-10-12(15-6-7-18-10)13(17)16(2)9-11-4-3-5-14-8-11/h3-5,8,10,12,15H,6-7,9H2,1-2H3/t10-,12+/m1/s1. The van der Waals surface area contributed by atoms with E-state index >= 15 is 0 Å². The lowest BCUT2D eigenvalue weighted by Crippen LogP contribution is -2.55. The van der Waals surface area contributed by atoms with Crippen molar-refractivity contribution in [1.29, 1.82) is 0 Å². The van der Waals surface area contributed by atoms with E-state index in [1.165, 1.54) is 0 Å². The van der Waals surface area contributed by atoms with Crippen molar-refractivity contribution in [3.63, 3.8) is 0 Å². The van der Waals surface area contributed by atoms with Crippen molar-refractivity contribution in [2.45, 2.75) is 25.6 Å². The number of ether oxygens (including phenoxy) is 1. The number of aromatic nitrogens is 1. The molecule has 2 rings (SSSR count). The van der Waals surface area contributed by atoms with Gasteiger partial charge >= 0.3 is 0 Å². The first kappa shape index (κ1) is 13.0. The van der Waals surface area contributed by atoms with Crippen LogP contribution in [0.15, 0.2) is 24.5 Å². The fourth-order valence-corrected chi connectivity index (χ4v) is 2.09. The van der Waals surface area contributed by atoms with Crippen LogP contribution in [0.25, 0.3) is 0 Å². The molecule has 0 unspecified atom stereocenters. The third-order valence-corrected chi connectivity index (χ3v) is 3.10. The van der Waals surface area contributed by atoms with Gasteiger partial charge < -0.3 is 15.0 Å². The topological polar surface area (TPSA) is 54.5 Å². The van der Waals surface area contributed by atoms with Crippen molar-refractivity contribution in [1.82, 2.24) is 15.2 Å². The molecule has 1 saturated heterocycles. The summed E-state index contributed by atoms with van der Waals surface area (Å²) in [6, 6.07) is 3.59. The van der Waals surface area contributed by atoms with Crippen LogP contribution < -0.4 is 5.32 Å². The molecule has 0 bridgehead atoms. The van der Waals surface area contributed by atoms with E-state index < -0.39 is 0 Å². The van der Waals surface area contributed by atoms with Gasteiger partial charge in [0, 0.05) is 32.5 Å². The first-order chi connectivity index (χ1) is 8.68. The first-order valence-corrected chi connectivity index (χ1v) is 6.17. The normalized spacial score (nSPS) is 23.7. The highest BCUT2D eigenvalue weighted by Crippen LogP contribution is 2.09. The Labute approximate surface area is 107 Å². The van der Waals surface area contributed by atoms with Gasteiger partial charge in [0.1, 0.15) is 6.04 Å². The summed E-state index contributed by atoms with van der Waals surface area (Å²) in [5.41, 5.74) is 1.03. The van der Waals surface area contributed by atoms with E-state index in [0.29, 0.717) is 13.2 Å². The smallest absolute Gasteiger partial charge is 0.242 e. The number of hydrogen-bond acceptors (Lipinski definition) is 4. The lowest BCUT2D eigenvalue weighted by molar-refractivity contribution is -0.138. The molecule has 98 valence electrons. The minimum Gasteiger partial charge on any atom is -0.375 e. The third-order valence-electron chi connectivity index (χ3n) is 3.10. The molecule has 0 spiro atoms. The largest absolute Gasteiger partial charge is 0.375 e. The van der Waals surface area contributed by atoms with E-state index in [-0.39, 0.29) is 18.1 Å². The van der Waals surface area contributed by atoms with Crippen LogP contribution in [0, 0.1) is 0 Å². The van der Waals surface area contributed by atoms with Gasteiger partial charge in [-0.1, -0.05) is 6.07 Å². The van der Waals surface area contributed by atoms with E-state index in [9.17, 15) is 4.79 Å². The van der Waals surface area contributed by atoms with Crippen molar-refractivity contribution in [3.05, 3.63) is 30.1 Å². The summed E-state index contributed by atoms with van der Waals surface area (Å²) in [6.45, 7) is 3.88. The molecule has 2 atom stereocenters. The molecule has 5 heteroatoms. The fraction of sp³-hybridized carbons (Fsp3) is 0.538. The van der Waals surface area contributed by atoms with Crippen LogP contribution in [0.3, 0.4) is 0 Å². The first-order valence-electron chi connectivity index (χ1n) is 6.17. The number of rotatable bonds is 3. The lowest BCUT2D eigenvalue weighted by atomic mass is 10.1. The zero-order chi connectivity index (χ0) is 13.0. The minimum absolute atomic E-state index is 0.0612. The average molecular weight is 249 g/mol. The van der Waals surface area contributed by atoms with Gasteiger partial charge in [-0.25, -0.2) is 0 Å². The Morgan fingerprint density at radius 1 is 1.67 bits per heavy atom. The van der Waals surface area contributed by atoms with Crippen LogP contribution in [0.1, 0.15) is 12.5 Å². The predicted molar refractivity (Wildman–Crippen MR) is 67.9 cm³/mol. The fourth-order valence-electron chi connectivity index (χ4n) is 2.09. The lowest BCUT2D eigenvalue weighted by Gasteiger charge is -2.32. The number of nitrogens with one attached hydrogen (secondary N) is 1. The van der Waals surface area contributed by atoms with Gasteiger partial charge in [-0.15, -0.1) is 0 Å². The van der Waals surface area contributed by atoms with Gasteiger partial charge in [0.2, 0.25) is 5.91 Å². The molecule has 1 aliphatic heterocycles. The van der Waals surface area contributed by atoms with Crippen LogP contribution in [0.5, 0.6) is 0 Å². The Hall–Kier alpha value is -1.46. The molecule has 1 aromatic rings. The Morgan fingerprint density at radius 3 is 3.17 bits per heavy atom. The van der Waals surface area contributed by atoms with Gasteiger partial charge in [0.25, 0.3) is 0 Å². The van der Waals surface area contributed by atoms with E-state index in [1.807, 2.05) is 19.1 Å². The van der Waals surface area contributed by atoms with Crippen LogP contribution >= 0.6 is 0 Å². The SMILES string of the molecule is C[C@H]1OCCN[C@@H]1C(=O)N(C)Cc1cccnc1. The van der Waals surface area contributed by atoms with Crippen molar-refractivity contribution < 1.29 is 9.53 Å². The number of morpholine rings is 1. The molecule has 0 aliphatic carbocycles. The Balaban J connectivity index is 1.96. The Kier molecular flexibility index (Phi) is 4.28.